The fourth-order valence-electron chi connectivity index (χ4n) is 3.14. The van der Waals surface area contributed by atoms with Crippen molar-refractivity contribution in [2.24, 2.45) is 11.1 Å². The quantitative estimate of drug-likeness (QED) is 0.850. The van der Waals surface area contributed by atoms with E-state index < -0.39 is 12.7 Å². The Morgan fingerprint density at radius 2 is 1.63 bits per heavy atom. The fraction of sp³-hybridized carbons (Fsp3) is 1.00. The van der Waals surface area contributed by atoms with Crippen LogP contribution in [0.2, 0.25) is 0 Å². The fourth-order valence-corrected chi connectivity index (χ4v) is 3.14. The Morgan fingerprint density at radius 1 is 1.11 bits per heavy atom. The van der Waals surface area contributed by atoms with Crippen LogP contribution in [0.3, 0.4) is 0 Å². The summed E-state index contributed by atoms with van der Waals surface area (Å²) in [6.45, 7) is 6.50. The summed E-state index contributed by atoms with van der Waals surface area (Å²) in [4.78, 5) is 3.79. The number of alkyl halides is 3. The second-order valence-electron chi connectivity index (χ2n) is 6.42. The molecule has 0 aromatic rings. The number of rotatable bonds is 4. The lowest BCUT2D eigenvalue weighted by atomic mass is 9.81. The van der Waals surface area contributed by atoms with E-state index in [2.05, 4.69) is 18.7 Å². The summed E-state index contributed by atoms with van der Waals surface area (Å²) < 4.78 is 37.1. The number of piperazine rings is 1. The van der Waals surface area contributed by atoms with E-state index in [4.69, 9.17) is 5.73 Å². The van der Waals surface area contributed by atoms with Gasteiger partial charge in [0.1, 0.15) is 0 Å². The molecule has 1 heterocycles. The smallest absolute Gasteiger partial charge is 0.329 e. The summed E-state index contributed by atoms with van der Waals surface area (Å²) in [5.41, 5.74) is 6.14. The molecular weight excluding hydrogens is 255 g/mol. The molecule has 1 unspecified atom stereocenters. The predicted octanol–water partition coefficient (Wildman–Crippen LogP) is 1.68. The maximum Gasteiger partial charge on any atom is 0.401 e. The van der Waals surface area contributed by atoms with Gasteiger partial charge in [-0.1, -0.05) is 6.92 Å². The zero-order chi connectivity index (χ0) is 14.3. The molecule has 2 rings (SSSR count). The molecule has 2 N–H and O–H groups in total. The Bertz CT molecular complexity index is 320. The van der Waals surface area contributed by atoms with Gasteiger partial charge in [0.2, 0.25) is 0 Å². The van der Waals surface area contributed by atoms with Crippen molar-refractivity contribution in [2.75, 3.05) is 39.3 Å². The molecule has 0 aromatic carbocycles. The average Bonchev–Trinajstić information content (AvgIpc) is 3.07. The number of hydrogen-bond donors (Lipinski definition) is 1. The Balaban J connectivity index is 1.92. The maximum absolute atomic E-state index is 12.4. The van der Waals surface area contributed by atoms with Crippen LogP contribution in [-0.4, -0.2) is 60.8 Å². The van der Waals surface area contributed by atoms with Crippen molar-refractivity contribution < 1.29 is 13.2 Å². The van der Waals surface area contributed by atoms with Crippen molar-refractivity contribution in [3.63, 3.8) is 0 Å². The average molecular weight is 279 g/mol. The lowest BCUT2D eigenvalue weighted by molar-refractivity contribution is -0.151. The highest BCUT2D eigenvalue weighted by Gasteiger charge is 2.55. The van der Waals surface area contributed by atoms with E-state index in [1.165, 1.54) is 17.7 Å². The highest BCUT2D eigenvalue weighted by Crippen LogP contribution is 2.55. The third-order valence-electron chi connectivity index (χ3n) is 5.17. The van der Waals surface area contributed by atoms with Gasteiger partial charge < -0.3 is 5.73 Å². The molecule has 0 radical (unpaired) electrons. The first-order valence-electron chi connectivity index (χ1n) is 6.94. The van der Waals surface area contributed by atoms with Crippen LogP contribution in [0.25, 0.3) is 0 Å². The second kappa shape index (κ2) is 4.90. The van der Waals surface area contributed by atoms with Crippen LogP contribution < -0.4 is 5.73 Å². The molecule has 1 aliphatic heterocycles. The van der Waals surface area contributed by atoms with E-state index in [0.717, 1.165) is 0 Å². The van der Waals surface area contributed by atoms with E-state index in [-0.39, 0.29) is 11.0 Å². The maximum atomic E-state index is 12.4. The van der Waals surface area contributed by atoms with Crippen LogP contribution in [0, 0.1) is 5.41 Å². The van der Waals surface area contributed by atoms with E-state index >= 15 is 0 Å². The molecule has 2 fully saturated rings. The highest BCUT2D eigenvalue weighted by molar-refractivity contribution is 5.10. The molecule has 3 nitrogen and oxygen atoms in total. The Hall–Kier alpha value is -0.330. The Labute approximate surface area is 112 Å². The first-order chi connectivity index (χ1) is 8.70. The highest BCUT2D eigenvalue weighted by atomic mass is 19.4. The van der Waals surface area contributed by atoms with Gasteiger partial charge in [0.15, 0.2) is 0 Å². The van der Waals surface area contributed by atoms with Gasteiger partial charge in [0.25, 0.3) is 0 Å². The van der Waals surface area contributed by atoms with Crippen LogP contribution >= 0.6 is 0 Å². The molecule has 19 heavy (non-hydrogen) atoms. The minimum absolute atomic E-state index is 0.0721. The molecule has 0 amide bonds. The third kappa shape index (κ3) is 3.06. The zero-order valence-corrected chi connectivity index (χ0v) is 11.8. The van der Waals surface area contributed by atoms with E-state index in [1.807, 2.05) is 0 Å². The van der Waals surface area contributed by atoms with Crippen molar-refractivity contribution in [3.05, 3.63) is 0 Å². The monoisotopic (exact) mass is 279 g/mol. The lowest BCUT2D eigenvalue weighted by Gasteiger charge is -2.49. The molecule has 112 valence electrons. The Morgan fingerprint density at radius 3 is 2.00 bits per heavy atom. The van der Waals surface area contributed by atoms with Crippen molar-refractivity contribution in [3.8, 4) is 0 Å². The lowest BCUT2D eigenvalue weighted by Crippen LogP contribution is -2.62. The Kier molecular flexibility index (Phi) is 3.88. The molecule has 2 aliphatic rings. The summed E-state index contributed by atoms with van der Waals surface area (Å²) in [6, 6.07) is 0. The third-order valence-corrected chi connectivity index (χ3v) is 5.17. The molecule has 1 saturated heterocycles. The van der Waals surface area contributed by atoms with Gasteiger partial charge in [0.05, 0.1) is 6.54 Å². The van der Waals surface area contributed by atoms with E-state index in [1.54, 1.807) is 0 Å². The molecule has 0 aromatic heterocycles. The van der Waals surface area contributed by atoms with Gasteiger partial charge in [-0.3, -0.25) is 9.80 Å². The molecule has 0 spiro atoms. The molecule has 1 aliphatic carbocycles. The summed E-state index contributed by atoms with van der Waals surface area (Å²) in [6.07, 6.45) is -1.76. The van der Waals surface area contributed by atoms with Crippen molar-refractivity contribution in [2.45, 2.75) is 38.4 Å². The van der Waals surface area contributed by atoms with E-state index in [0.29, 0.717) is 32.7 Å². The van der Waals surface area contributed by atoms with Crippen molar-refractivity contribution in [1.82, 2.24) is 9.80 Å². The van der Waals surface area contributed by atoms with Crippen molar-refractivity contribution >= 4 is 0 Å². The minimum Gasteiger partial charge on any atom is -0.329 e. The summed E-state index contributed by atoms with van der Waals surface area (Å²) in [7, 11) is 0. The van der Waals surface area contributed by atoms with Crippen LogP contribution in [-0.2, 0) is 0 Å². The first kappa shape index (κ1) is 15.1. The first-order valence-corrected chi connectivity index (χ1v) is 6.94. The predicted molar refractivity (Wildman–Crippen MR) is 68.9 cm³/mol. The van der Waals surface area contributed by atoms with Gasteiger partial charge >= 0.3 is 6.18 Å². The SMILES string of the molecule is CC1(C(C)(CN)N2CCN(CC(F)(F)F)CC2)CC1. The minimum atomic E-state index is -4.10. The van der Waals surface area contributed by atoms with Gasteiger partial charge in [0, 0.05) is 38.3 Å². The van der Waals surface area contributed by atoms with Crippen LogP contribution in [0.15, 0.2) is 0 Å². The van der Waals surface area contributed by atoms with Crippen molar-refractivity contribution in [1.29, 1.82) is 0 Å². The standard InChI is InChI=1S/C13H24F3N3/c1-11(3-4-11)12(2,9-17)19-7-5-18(6-8-19)10-13(14,15)16/h3-10,17H2,1-2H3. The summed E-state index contributed by atoms with van der Waals surface area (Å²) in [5, 5.41) is 0. The molecular formula is C13H24F3N3. The van der Waals surface area contributed by atoms with Crippen LogP contribution in [0.1, 0.15) is 26.7 Å². The zero-order valence-electron chi connectivity index (χ0n) is 11.8. The van der Waals surface area contributed by atoms with Gasteiger partial charge in [-0.05, 0) is 25.2 Å². The number of nitrogens with two attached hydrogens (primary N) is 1. The van der Waals surface area contributed by atoms with E-state index in [9.17, 15) is 13.2 Å². The summed E-state index contributed by atoms with van der Waals surface area (Å²) in [5.74, 6) is 0. The number of nitrogens with zero attached hydrogens (tertiary/aromatic N) is 2. The number of halogens is 3. The molecule has 0 bridgehead atoms. The molecule has 1 saturated carbocycles. The van der Waals surface area contributed by atoms with Gasteiger partial charge in [-0.25, -0.2) is 0 Å². The van der Waals surface area contributed by atoms with Crippen LogP contribution in [0.5, 0.6) is 0 Å². The number of hydrogen-bond acceptors (Lipinski definition) is 3. The van der Waals surface area contributed by atoms with Crippen LogP contribution in [0.4, 0.5) is 13.2 Å². The topological polar surface area (TPSA) is 32.5 Å². The molecule has 1 atom stereocenters. The molecule has 6 heteroatoms. The summed E-state index contributed by atoms with van der Waals surface area (Å²) >= 11 is 0. The largest absolute Gasteiger partial charge is 0.401 e. The van der Waals surface area contributed by atoms with Gasteiger partial charge in [-0.2, -0.15) is 13.2 Å². The normalized spacial score (nSPS) is 28.1. The second-order valence-corrected chi connectivity index (χ2v) is 6.42. The van der Waals surface area contributed by atoms with Gasteiger partial charge in [-0.15, -0.1) is 0 Å².